The van der Waals surface area contributed by atoms with Gasteiger partial charge in [-0.2, -0.15) is 0 Å². The molecule has 0 aliphatic rings. The molecule has 0 aliphatic carbocycles. The largest absolute Gasteiger partial charge is 0.397 e. The van der Waals surface area contributed by atoms with Crippen LogP contribution in [0.25, 0.3) is 0 Å². The molecule has 1 rings (SSSR count). The number of aryl methyl sites for hydroxylation is 2. The summed E-state index contributed by atoms with van der Waals surface area (Å²) in [5, 5.41) is 8.73. The van der Waals surface area contributed by atoms with Gasteiger partial charge < -0.3 is 10.8 Å². The summed E-state index contributed by atoms with van der Waals surface area (Å²) in [6.07, 6.45) is 5.38. The van der Waals surface area contributed by atoms with Crippen LogP contribution in [0.1, 0.15) is 31.0 Å². The first-order chi connectivity index (χ1) is 6.79. The fraction of sp³-hybridized carbons (Fsp3) is 0.545. The van der Waals surface area contributed by atoms with E-state index in [1.165, 1.54) is 0 Å². The smallest absolute Gasteiger partial charge is 0.0635 e. The van der Waals surface area contributed by atoms with Crippen LogP contribution in [0, 0.1) is 0 Å². The van der Waals surface area contributed by atoms with Crippen molar-refractivity contribution >= 4 is 5.69 Å². The summed E-state index contributed by atoms with van der Waals surface area (Å²) in [7, 11) is 0. The van der Waals surface area contributed by atoms with Crippen molar-refractivity contribution in [2.45, 2.75) is 32.6 Å². The van der Waals surface area contributed by atoms with Crippen LogP contribution in [0.15, 0.2) is 12.3 Å². The lowest BCUT2D eigenvalue weighted by atomic mass is 10.1. The van der Waals surface area contributed by atoms with Crippen molar-refractivity contribution in [3.63, 3.8) is 0 Å². The molecule has 0 unspecified atom stereocenters. The van der Waals surface area contributed by atoms with Crippen molar-refractivity contribution in [1.82, 2.24) is 4.98 Å². The third kappa shape index (κ3) is 2.70. The Morgan fingerprint density at radius 1 is 1.43 bits per heavy atom. The highest BCUT2D eigenvalue weighted by atomic mass is 16.2. The molecule has 3 heteroatoms. The molecule has 0 fully saturated rings. The number of nitrogens with two attached hydrogens (primary N) is 1. The molecule has 0 saturated heterocycles. The number of nitrogen functional groups attached to an aromatic ring is 1. The van der Waals surface area contributed by atoms with E-state index in [4.69, 9.17) is 10.8 Å². The number of pyridine rings is 1. The normalized spacial score (nSPS) is 10.4. The van der Waals surface area contributed by atoms with E-state index in [2.05, 4.69) is 11.9 Å². The van der Waals surface area contributed by atoms with Crippen LogP contribution in [0.2, 0.25) is 0 Å². The zero-order valence-electron chi connectivity index (χ0n) is 8.66. The van der Waals surface area contributed by atoms with Crippen LogP contribution in [-0.2, 0) is 12.8 Å². The van der Waals surface area contributed by atoms with E-state index < -0.39 is 0 Å². The SMILES string of the molecule is CCCc1nccc(CCCO)c1N. The zero-order valence-corrected chi connectivity index (χ0v) is 8.66. The van der Waals surface area contributed by atoms with E-state index in [0.29, 0.717) is 0 Å². The number of hydrogen-bond donors (Lipinski definition) is 2. The molecule has 0 radical (unpaired) electrons. The van der Waals surface area contributed by atoms with Gasteiger partial charge in [-0.15, -0.1) is 0 Å². The van der Waals surface area contributed by atoms with Gasteiger partial charge in [0.05, 0.1) is 11.4 Å². The lowest BCUT2D eigenvalue weighted by Gasteiger charge is -2.08. The maximum atomic E-state index is 8.73. The van der Waals surface area contributed by atoms with E-state index in [0.717, 1.165) is 42.6 Å². The first kappa shape index (κ1) is 11.0. The summed E-state index contributed by atoms with van der Waals surface area (Å²) in [6, 6.07) is 1.93. The van der Waals surface area contributed by atoms with E-state index in [9.17, 15) is 0 Å². The fourth-order valence-corrected chi connectivity index (χ4v) is 1.49. The van der Waals surface area contributed by atoms with Crippen LogP contribution in [0.4, 0.5) is 5.69 Å². The molecular formula is C11H18N2O. The highest BCUT2D eigenvalue weighted by Crippen LogP contribution is 2.17. The summed E-state index contributed by atoms with van der Waals surface area (Å²) in [5.41, 5.74) is 8.87. The lowest BCUT2D eigenvalue weighted by molar-refractivity contribution is 0.288. The molecule has 1 heterocycles. The molecule has 0 aromatic carbocycles. The van der Waals surface area contributed by atoms with Crippen LogP contribution < -0.4 is 5.73 Å². The maximum absolute atomic E-state index is 8.73. The number of aliphatic hydroxyl groups excluding tert-OH is 1. The first-order valence-corrected chi connectivity index (χ1v) is 5.12. The minimum Gasteiger partial charge on any atom is -0.397 e. The molecule has 14 heavy (non-hydrogen) atoms. The van der Waals surface area contributed by atoms with E-state index in [1.54, 1.807) is 6.20 Å². The van der Waals surface area contributed by atoms with Gasteiger partial charge in [-0.3, -0.25) is 4.98 Å². The fourth-order valence-electron chi connectivity index (χ4n) is 1.49. The van der Waals surface area contributed by atoms with Crippen LogP contribution >= 0.6 is 0 Å². The lowest BCUT2D eigenvalue weighted by Crippen LogP contribution is -2.03. The Balaban J connectivity index is 2.78. The first-order valence-electron chi connectivity index (χ1n) is 5.12. The summed E-state index contributed by atoms with van der Waals surface area (Å²) in [6.45, 7) is 2.33. The van der Waals surface area contributed by atoms with Gasteiger partial charge in [0.2, 0.25) is 0 Å². The van der Waals surface area contributed by atoms with Gasteiger partial charge in [0.1, 0.15) is 0 Å². The molecule has 3 nitrogen and oxygen atoms in total. The van der Waals surface area contributed by atoms with E-state index >= 15 is 0 Å². The third-order valence-electron chi connectivity index (χ3n) is 2.25. The molecule has 0 atom stereocenters. The van der Waals surface area contributed by atoms with Crippen molar-refractivity contribution < 1.29 is 5.11 Å². The molecule has 3 N–H and O–H groups in total. The van der Waals surface area contributed by atoms with Gasteiger partial charge in [-0.05, 0) is 30.9 Å². The van der Waals surface area contributed by atoms with Gasteiger partial charge in [-0.1, -0.05) is 13.3 Å². The van der Waals surface area contributed by atoms with Crippen molar-refractivity contribution in [2.24, 2.45) is 0 Å². The predicted octanol–water partition coefficient (Wildman–Crippen LogP) is 1.54. The number of aliphatic hydroxyl groups is 1. The predicted molar refractivity (Wildman–Crippen MR) is 58.1 cm³/mol. The summed E-state index contributed by atoms with van der Waals surface area (Å²) in [5.74, 6) is 0. The molecule has 0 saturated carbocycles. The summed E-state index contributed by atoms with van der Waals surface area (Å²) in [4.78, 5) is 4.25. The highest BCUT2D eigenvalue weighted by molar-refractivity contribution is 5.50. The standard InChI is InChI=1S/C11H18N2O/c1-2-4-10-11(12)9(5-3-8-14)6-7-13-10/h6-7,14H,2-5,8,12H2,1H3. The molecule has 0 aliphatic heterocycles. The third-order valence-corrected chi connectivity index (χ3v) is 2.25. The average molecular weight is 194 g/mol. The Morgan fingerprint density at radius 2 is 2.21 bits per heavy atom. The van der Waals surface area contributed by atoms with Crippen molar-refractivity contribution in [2.75, 3.05) is 12.3 Å². The summed E-state index contributed by atoms with van der Waals surface area (Å²) >= 11 is 0. The number of rotatable bonds is 5. The molecule has 1 aromatic rings. The average Bonchev–Trinajstić information content (AvgIpc) is 2.20. The minimum absolute atomic E-state index is 0.213. The van der Waals surface area contributed by atoms with Crippen LogP contribution in [0.5, 0.6) is 0 Å². The van der Waals surface area contributed by atoms with Gasteiger partial charge in [0, 0.05) is 12.8 Å². The quantitative estimate of drug-likeness (QED) is 0.747. The van der Waals surface area contributed by atoms with Gasteiger partial charge >= 0.3 is 0 Å². The Hall–Kier alpha value is -1.09. The van der Waals surface area contributed by atoms with Crippen LogP contribution in [0.3, 0.4) is 0 Å². The maximum Gasteiger partial charge on any atom is 0.0635 e. The topological polar surface area (TPSA) is 59.1 Å². The number of anilines is 1. The van der Waals surface area contributed by atoms with Gasteiger partial charge in [-0.25, -0.2) is 0 Å². The second kappa shape index (κ2) is 5.60. The van der Waals surface area contributed by atoms with E-state index in [1.807, 2.05) is 6.07 Å². The Bertz CT molecular complexity index is 287. The van der Waals surface area contributed by atoms with E-state index in [-0.39, 0.29) is 6.61 Å². The molecule has 0 amide bonds. The molecule has 1 aromatic heterocycles. The Morgan fingerprint density at radius 3 is 2.86 bits per heavy atom. The minimum atomic E-state index is 0.213. The zero-order chi connectivity index (χ0) is 10.4. The molecular weight excluding hydrogens is 176 g/mol. The number of aromatic nitrogens is 1. The highest BCUT2D eigenvalue weighted by Gasteiger charge is 2.04. The molecule has 78 valence electrons. The molecule has 0 spiro atoms. The van der Waals surface area contributed by atoms with Crippen molar-refractivity contribution in [3.8, 4) is 0 Å². The monoisotopic (exact) mass is 194 g/mol. The van der Waals surface area contributed by atoms with Crippen molar-refractivity contribution in [3.05, 3.63) is 23.5 Å². The Kier molecular flexibility index (Phi) is 4.40. The van der Waals surface area contributed by atoms with Gasteiger partial charge in [0.25, 0.3) is 0 Å². The number of nitrogens with zero attached hydrogens (tertiary/aromatic N) is 1. The van der Waals surface area contributed by atoms with Gasteiger partial charge in [0.15, 0.2) is 0 Å². The second-order valence-corrected chi connectivity index (χ2v) is 3.41. The second-order valence-electron chi connectivity index (χ2n) is 3.41. The van der Waals surface area contributed by atoms with Crippen LogP contribution in [-0.4, -0.2) is 16.7 Å². The number of hydrogen-bond acceptors (Lipinski definition) is 3. The summed E-state index contributed by atoms with van der Waals surface area (Å²) < 4.78 is 0. The molecule has 0 bridgehead atoms. The Labute approximate surface area is 85.0 Å². The van der Waals surface area contributed by atoms with Crippen molar-refractivity contribution in [1.29, 1.82) is 0 Å².